The van der Waals surface area contributed by atoms with Gasteiger partial charge in [0.05, 0.1) is 12.9 Å². The summed E-state index contributed by atoms with van der Waals surface area (Å²) in [6, 6.07) is 0. The number of hydrogen-bond acceptors (Lipinski definition) is 8. The lowest BCUT2D eigenvalue weighted by molar-refractivity contribution is -0.0511. The molecule has 1 fully saturated rings. The first-order chi connectivity index (χ1) is 10.6. The highest BCUT2D eigenvalue weighted by Crippen LogP contribution is 2.32. The van der Waals surface area contributed by atoms with Crippen molar-refractivity contribution in [3.63, 3.8) is 0 Å². The third-order valence-electron chi connectivity index (χ3n) is 3.57. The normalized spacial score (nSPS) is 28.3. The van der Waals surface area contributed by atoms with Crippen LogP contribution in [0.4, 0.5) is 0 Å². The predicted octanol–water partition coefficient (Wildman–Crippen LogP) is -1.13. The van der Waals surface area contributed by atoms with Crippen molar-refractivity contribution in [1.82, 2.24) is 19.5 Å². The molecular weight excluding hydrogens is 292 g/mol. The second-order valence-corrected chi connectivity index (χ2v) is 5.01. The van der Waals surface area contributed by atoms with E-state index >= 15 is 0 Å². The van der Waals surface area contributed by atoms with E-state index in [2.05, 4.69) is 21.5 Å². The Morgan fingerprint density at radius 1 is 1.32 bits per heavy atom. The van der Waals surface area contributed by atoms with Gasteiger partial charge < -0.3 is 25.2 Å². The Morgan fingerprint density at radius 3 is 2.73 bits per heavy atom. The molecule has 3 heterocycles. The maximum absolute atomic E-state index is 10.1. The second-order valence-electron chi connectivity index (χ2n) is 5.01. The number of aliphatic hydroxyl groups excluding tert-OH is 3. The van der Waals surface area contributed by atoms with Gasteiger partial charge >= 0.3 is 0 Å². The summed E-state index contributed by atoms with van der Waals surface area (Å²) in [6.45, 7) is 3.16. The van der Waals surface area contributed by atoms with Crippen LogP contribution in [0.3, 0.4) is 0 Å². The van der Waals surface area contributed by atoms with E-state index < -0.39 is 31.1 Å². The van der Waals surface area contributed by atoms with Crippen LogP contribution >= 0.6 is 0 Å². The van der Waals surface area contributed by atoms with E-state index in [4.69, 9.17) is 9.84 Å². The van der Waals surface area contributed by atoms with Crippen LogP contribution in [0.25, 0.3) is 11.2 Å². The maximum atomic E-state index is 10.1. The maximum Gasteiger partial charge on any atom is 0.243 e. The molecule has 4 atom stereocenters. The Balaban J connectivity index is 2.06. The molecule has 2 aromatic rings. The molecule has 0 aliphatic carbocycles. The number of hydrogen-bond donors (Lipinski definition) is 4. The van der Waals surface area contributed by atoms with Gasteiger partial charge in [-0.25, -0.2) is 9.97 Å². The monoisotopic (exact) mass is 308 g/mol. The summed E-state index contributed by atoms with van der Waals surface area (Å²) in [4.78, 5) is 12.2. The van der Waals surface area contributed by atoms with Gasteiger partial charge in [-0.15, -0.1) is 6.58 Å². The lowest BCUT2D eigenvalue weighted by Crippen LogP contribution is -2.33. The highest BCUT2D eigenvalue weighted by molar-refractivity contribution is 5.76. The number of imidazole rings is 1. The standard InChI is InChI=1S/C13H16N4O5/c1-2-3-7-15-11-8(12(21)16-7)14-5-17(11)13-10(20)9(19)6(4-18)22-13/h2,5-6,9-10,13,18-20H,1,3-4H2,(H,15,16,21)/t6-,9-,10-,13-/m1/s1. The van der Waals surface area contributed by atoms with Gasteiger partial charge in [-0.1, -0.05) is 6.08 Å². The van der Waals surface area contributed by atoms with Crippen molar-refractivity contribution in [1.29, 1.82) is 0 Å². The number of ether oxygens (including phenoxy) is 1. The third kappa shape index (κ3) is 2.24. The molecule has 0 radical (unpaired) electrons. The first-order valence-corrected chi connectivity index (χ1v) is 6.72. The summed E-state index contributed by atoms with van der Waals surface area (Å²) in [5.41, 5.74) is 0.421. The van der Waals surface area contributed by atoms with Gasteiger partial charge in [0, 0.05) is 6.42 Å². The smallest absolute Gasteiger partial charge is 0.243 e. The average molecular weight is 308 g/mol. The molecule has 9 heteroatoms. The van der Waals surface area contributed by atoms with Crippen LogP contribution in [0.15, 0.2) is 19.0 Å². The van der Waals surface area contributed by atoms with Crippen molar-refractivity contribution in [3.05, 3.63) is 24.8 Å². The van der Waals surface area contributed by atoms with E-state index in [9.17, 15) is 15.3 Å². The lowest BCUT2D eigenvalue weighted by Gasteiger charge is -2.16. The zero-order chi connectivity index (χ0) is 15.9. The van der Waals surface area contributed by atoms with E-state index in [1.807, 2.05) is 0 Å². The molecule has 0 saturated carbocycles. The van der Waals surface area contributed by atoms with Crippen LogP contribution in [0, 0.1) is 0 Å². The van der Waals surface area contributed by atoms with Gasteiger partial charge in [0.15, 0.2) is 17.4 Å². The Bertz CT molecular complexity index is 703. The first kappa shape index (κ1) is 14.9. The second kappa shape index (κ2) is 5.61. The molecule has 4 N–H and O–H groups in total. The summed E-state index contributed by atoms with van der Waals surface area (Å²) >= 11 is 0. The number of rotatable bonds is 4. The van der Waals surface area contributed by atoms with E-state index in [-0.39, 0.29) is 17.0 Å². The van der Waals surface area contributed by atoms with Gasteiger partial charge in [-0.05, 0) is 0 Å². The fourth-order valence-electron chi connectivity index (χ4n) is 2.46. The quantitative estimate of drug-likeness (QED) is 0.521. The molecule has 9 nitrogen and oxygen atoms in total. The fraction of sp³-hybridized carbons (Fsp3) is 0.462. The predicted molar refractivity (Wildman–Crippen MR) is 73.9 cm³/mol. The number of aromatic nitrogens is 4. The van der Waals surface area contributed by atoms with Gasteiger partial charge in [-0.2, -0.15) is 4.98 Å². The molecule has 2 aromatic heterocycles. The van der Waals surface area contributed by atoms with Gasteiger partial charge in [0.1, 0.15) is 24.1 Å². The summed E-state index contributed by atoms with van der Waals surface area (Å²) in [5, 5.41) is 38.9. The Hall–Kier alpha value is -2.07. The van der Waals surface area contributed by atoms with Crippen LogP contribution < -0.4 is 0 Å². The summed E-state index contributed by atoms with van der Waals surface area (Å²) in [5.74, 6) is 0.0563. The van der Waals surface area contributed by atoms with Crippen LogP contribution in [0.1, 0.15) is 12.1 Å². The van der Waals surface area contributed by atoms with Crippen LogP contribution in [-0.4, -0.2) is 64.9 Å². The summed E-state index contributed by atoms with van der Waals surface area (Å²) in [6.07, 6.45) is -1.08. The van der Waals surface area contributed by atoms with E-state index in [1.54, 1.807) is 6.08 Å². The summed E-state index contributed by atoms with van der Waals surface area (Å²) < 4.78 is 6.83. The molecule has 1 aliphatic heterocycles. The SMILES string of the molecule is C=CCc1nc(O)c2ncn([C@@H]3O[C@H](CO)[C@@H](O)[C@H]3O)c2n1. The molecule has 0 bridgehead atoms. The molecule has 3 rings (SSSR count). The number of aliphatic hydroxyl groups is 3. The molecular formula is C13H16N4O5. The van der Waals surface area contributed by atoms with Crippen molar-refractivity contribution in [2.24, 2.45) is 0 Å². The largest absolute Gasteiger partial charge is 0.492 e. The molecule has 1 saturated heterocycles. The minimum absolute atomic E-state index is 0.158. The highest BCUT2D eigenvalue weighted by Gasteiger charge is 2.44. The van der Waals surface area contributed by atoms with Gasteiger partial charge in [0.25, 0.3) is 0 Å². The molecule has 118 valence electrons. The van der Waals surface area contributed by atoms with Crippen molar-refractivity contribution < 1.29 is 25.2 Å². The number of nitrogens with zero attached hydrogens (tertiary/aromatic N) is 4. The van der Waals surface area contributed by atoms with Gasteiger partial charge in [-0.3, -0.25) is 4.57 Å². The Labute approximate surface area is 125 Å². The van der Waals surface area contributed by atoms with Crippen molar-refractivity contribution in [2.45, 2.75) is 31.0 Å². The molecule has 0 aromatic carbocycles. The summed E-state index contributed by atoms with van der Waals surface area (Å²) in [7, 11) is 0. The number of aromatic hydroxyl groups is 1. The molecule has 0 spiro atoms. The van der Waals surface area contributed by atoms with Crippen LogP contribution in [-0.2, 0) is 11.2 Å². The highest BCUT2D eigenvalue weighted by atomic mass is 16.6. The molecule has 0 unspecified atom stereocenters. The first-order valence-electron chi connectivity index (χ1n) is 6.72. The van der Waals surface area contributed by atoms with Crippen LogP contribution in [0.5, 0.6) is 5.88 Å². The van der Waals surface area contributed by atoms with Crippen LogP contribution in [0.2, 0.25) is 0 Å². The zero-order valence-electron chi connectivity index (χ0n) is 11.6. The number of fused-ring (bicyclic) bond motifs is 1. The Morgan fingerprint density at radius 2 is 2.09 bits per heavy atom. The van der Waals surface area contributed by atoms with Crippen molar-refractivity contribution >= 4 is 11.2 Å². The third-order valence-corrected chi connectivity index (χ3v) is 3.57. The molecule has 1 aliphatic rings. The number of allylic oxidation sites excluding steroid dienone is 1. The molecule has 22 heavy (non-hydrogen) atoms. The lowest BCUT2D eigenvalue weighted by atomic mass is 10.1. The Kier molecular flexibility index (Phi) is 3.79. The van der Waals surface area contributed by atoms with E-state index in [0.29, 0.717) is 12.2 Å². The van der Waals surface area contributed by atoms with E-state index in [0.717, 1.165) is 0 Å². The minimum Gasteiger partial charge on any atom is -0.492 e. The average Bonchev–Trinajstić information content (AvgIpc) is 3.03. The van der Waals surface area contributed by atoms with Crippen molar-refractivity contribution in [2.75, 3.05) is 6.61 Å². The fourth-order valence-corrected chi connectivity index (χ4v) is 2.46. The molecule has 0 amide bonds. The zero-order valence-corrected chi connectivity index (χ0v) is 11.6. The van der Waals surface area contributed by atoms with E-state index in [1.165, 1.54) is 10.9 Å². The topological polar surface area (TPSA) is 134 Å². The van der Waals surface area contributed by atoms with Crippen molar-refractivity contribution in [3.8, 4) is 5.88 Å². The van der Waals surface area contributed by atoms with Gasteiger partial charge in [0.2, 0.25) is 5.88 Å². The minimum atomic E-state index is -1.26.